The van der Waals surface area contributed by atoms with E-state index in [-0.39, 0.29) is 0 Å². The second-order valence-corrected chi connectivity index (χ2v) is 3.65. The maximum absolute atomic E-state index is 6.99. The third-order valence-corrected chi connectivity index (χ3v) is 2.92. The van der Waals surface area contributed by atoms with Gasteiger partial charge >= 0.3 is 0 Å². The summed E-state index contributed by atoms with van der Waals surface area (Å²) in [7, 11) is 0. The minimum absolute atomic E-state index is 0.678. The van der Waals surface area contributed by atoms with Gasteiger partial charge in [0, 0.05) is 0 Å². The molecular weight excluding hydrogens is 182 g/mol. The Morgan fingerprint density at radius 1 is 1.46 bits per heavy atom. The SMILES string of the molecule is [C-]#[N+]c1cc(C)c2snnc2c1C. The first-order chi connectivity index (χ1) is 6.24. The number of hydrogen-bond acceptors (Lipinski definition) is 3. The maximum Gasteiger partial charge on any atom is 0.192 e. The summed E-state index contributed by atoms with van der Waals surface area (Å²) in [5.41, 5.74) is 3.57. The molecule has 0 unspecified atom stereocenters. The molecule has 4 heteroatoms. The van der Waals surface area contributed by atoms with Gasteiger partial charge in [0.05, 0.1) is 16.8 Å². The lowest BCUT2D eigenvalue weighted by Crippen LogP contribution is -1.80. The van der Waals surface area contributed by atoms with Crippen molar-refractivity contribution in [2.75, 3.05) is 0 Å². The molecule has 0 spiro atoms. The molecule has 0 saturated heterocycles. The van der Waals surface area contributed by atoms with Gasteiger partial charge < -0.3 is 0 Å². The van der Waals surface area contributed by atoms with Gasteiger partial charge in [-0.1, -0.05) is 10.6 Å². The fraction of sp³-hybridized carbons (Fsp3) is 0.222. The fourth-order valence-corrected chi connectivity index (χ4v) is 2.00. The largest absolute Gasteiger partial charge is 0.238 e. The van der Waals surface area contributed by atoms with Crippen LogP contribution < -0.4 is 0 Å². The highest BCUT2D eigenvalue weighted by Gasteiger charge is 2.09. The molecule has 2 aromatic rings. The van der Waals surface area contributed by atoms with Crippen LogP contribution >= 0.6 is 11.5 Å². The molecule has 0 N–H and O–H groups in total. The van der Waals surface area contributed by atoms with Crippen molar-refractivity contribution in [3.8, 4) is 0 Å². The van der Waals surface area contributed by atoms with E-state index in [2.05, 4.69) is 14.4 Å². The average molecular weight is 189 g/mol. The molecule has 0 aliphatic rings. The van der Waals surface area contributed by atoms with E-state index in [0.29, 0.717) is 5.69 Å². The number of nitrogens with zero attached hydrogens (tertiary/aromatic N) is 3. The molecule has 0 atom stereocenters. The number of aryl methyl sites for hydroxylation is 2. The van der Waals surface area contributed by atoms with Crippen LogP contribution in [0.4, 0.5) is 5.69 Å². The summed E-state index contributed by atoms with van der Waals surface area (Å²) < 4.78 is 4.98. The van der Waals surface area contributed by atoms with Gasteiger partial charge in [0.25, 0.3) is 0 Å². The van der Waals surface area contributed by atoms with Crippen LogP contribution in [0.5, 0.6) is 0 Å². The number of hydrogen-bond donors (Lipinski definition) is 0. The summed E-state index contributed by atoms with van der Waals surface area (Å²) >= 11 is 1.38. The fourth-order valence-electron chi connectivity index (χ4n) is 1.31. The van der Waals surface area contributed by atoms with Gasteiger partial charge in [-0.05, 0) is 36.5 Å². The molecule has 0 radical (unpaired) electrons. The first-order valence-electron chi connectivity index (χ1n) is 3.83. The molecule has 13 heavy (non-hydrogen) atoms. The molecule has 0 saturated carbocycles. The Balaban J connectivity index is 2.95. The van der Waals surface area contributed by atoms with E-state index < -0.39 is 0 Å². The molecule has 0 bridgehead atoms. The van der Waals surface area contributed by atoms with E-state index in [1.165, 1.54) is 11.5 Å². The Morgan fingerprint density at radius 2 is 2.23 bits per heavy atom. The molecule has 0 aliphatic carbocycles. The summed E-state index contributed by atoms with van der Waals surface area (Å²) in [6.45, 7) is 10.9. The molecular formula is C9H7N3S. The van der Waals surface area contributed by atoms with Crippen molar-refractivity contribution in [3.63, 3.8) is 0 Å². The highest BCUT2D eigenvalue weighted by atomic mass is 32.1. The summed E-state index contributed by atoms with van der Waals surface area (Å²) in [4.78, 5) is 3.45. The van der Waals surface area contributed by atoms with Gasteiger partial charge in [0.1, 0.15) is 0 Å². The molecule has 0 fully saturated rings. The quantitative estimate of drug-likeness (QED) is 0.596. The molecule has 1 aromatic heterocycles. The Hall–Kier alpha value is -1.47. The predicted molar refractivity (Wildman–Crippen MR) is 53.2 cm³/mol. The minimum atomic E-state index is 0.678. The van der Waals surface area contributed by atoms with Gasteiger partial charge in [-0.2, -0.15) is 0 Å². The zero-order chi connectivity index (χ0) is 9.42. The molecule has 2 rings (SSSR count). The van der Waals surface area contributed by atoms with Gasteiger partial charge in [0.15, 0.2) is 5.69 Å². The van der Waals surface area contributed by atoms with E-state index in [0.717, 1.165) is 21.3 Å². The van der Waals surface area contributed by atoms with Crippen LogP contribution in [-0.2, 0) is 0 Å². The summed E-state index contributed by atoms with van der Waals surface area (Å²) in [6, 6.07) is 1.89. The van der Waals surface area contributed by atoms with Gasteiger partial charge in [-0.15, -0.1) is 5.10 Å². The molecule has 3 nitrogen and oxygen atoms in total. The van der Waals surface area contributed by atoms with Crippen molar-refractivity contribution in [2.24, 2.45) is 0 Å². The predicted octanol–water partition coefficient (Wildman–Crippen LogP) is 2.86. The van der Waals surface area contributed by atoms with Crippen molar-refractivity contribution in [1.82, 2.24) is 9.59 Å². The molecule has 0 aliphatic heterocycles. The zero-order valence-electron chi connectivity index (χ0n) is 7.33. The van der Waals surface area contributed by atoms with E-state index in [9.17, 15) is 0 Å². The summed E-state index contributed by atoms with van der Waals surface area (Å²) in [6.07, 6.45) is 0. The molecule has 64 valence electrons. The van der Waals surface area contributed by atoms with Crippen molar-refractivity contribution >= 4 is 27.4 Å². The standard InChI is InChI=1S/C9H7N3S/c1-5-4-7(10-3)6(2)8-9(5)13-12-11-8/h4H,1-2H3. The normalized spacial score (nSPS) is 10.2. The lowest BCUT2D eigenvalue weighted by atomic mass is 10.1. The molecule has 0 amide bonds. The van der Waals surface area contributed by atoms with E-state index in [4.69, 9.17) is 6.57 Å². The average Bonchev–Trinajstić information content (AvgIpc) is 2.60. The van der Waals surface area contributed by atoms with Crippen molar-refractivity contribution in [1.29, 1.82) is 0 Å². The summed E-state index contributed by atoms with van der Waals surface area (Å²) in [5, 5.41) is 4.01. The van der Waals surface area contributed by atoms with Crippen LogP contribution in [0.3, 0.4) is 0 Å². The van der Waals surface area contributed by atoms with Crippen molar-refractivity contribution in [3.05, 3.63) is 28.6 Å². The first-order valence-corrected chi connectivity index (χ1v) is 4.61. The van der Waals surface area contributed by atoms with Crippen LogP contribution in [0, 0.1) is 20.4 Å². The van der Waals surface area contributed by atoms with Crippen LogP contribution in [0.1, 0.15) is 11.1 Å². The first kappa shape index (κ1) is 8.14. The minimum Gasteiger partial charge on any atom is -0.238 e. The maximum atomic E-state index is 6.99. The Labute approximate surface area is 80.0 Å². The lowest BCUT2D eigenvalue weighted by molar-refractivity contribution is 1.19. The third kappa shape index (κ3) is 1.09. The number of rotatable bonds is 0. The Bertz CT molecular complexity index is 507. The highest BCUT2D eigenvalue weighted by molar-refractivity contribution is 7.13. The Kier molecular flexibility index (Phi) is 1.74. The van der Waals surface area contributed by atoms with Gasteiger partial charge in [0.2, 0.25) is 0 Å². The smallest absolute Gasteiger partial charge is 0.192 e. The second-order valence-electron chi connectivity index (χ2n) is 2.90. The lowest BCUT2D eigenvalue weighted by Gasteiger charge is -1.99. The third-order valence-electron chi connectivity index (χ3n) is 2.06. The Morgan fingerprint density at radius 3 is 2.92 bits per heavy atom. The number of aromatic nitrogens is 2. The molecule has 1 heterocycles. The highest BCUT2D eigenvalue weighted by Crippen LogP contribution is 2.30. The van der Waals surface area contributed by atoms with Gasteiger partial charge in [-0.3, -0.25) is 0 Å². The van der Waals surface area contributed by atoms with Crippen molar-refractivity contribution in [2.45, 2.75) is 13.8 Å². The van der Waals surface area contributed by atoms with E-state index in [1.807, 2.05) is 19.9 Å². The van der Waals surface area contributed by atoms with E-state index >= 15 is 0 Å². The monoisotopic (exact) mass is 189 g/mol. The van der Waals surface area contributed by atoms with Crippen LogP contribution in [-0.4, -0.2) is 9.59 Å². The summed E-state index contributed by atoms with van der Waals surface area (Å²) in [5.74, 6) is 0. The number of fused-ring (bicyclic) bond motifs is 1. The van der Waals surface area contributed by atoms with Crippen LogP contribution in [0.25, 0.3) is 15.1 Å². The zero-order valence-corrected chi connectivity index (χ0v) is 8.14. The van der Waals surface area contributed by atoms with Gasteiger partial charge in [-0.25, -0.2) is 4.85 Å². The molecule has 1 aromatic carbocycles. The van der Waals surface area contributed by atoms with Crippen LogP contribution in [0.15, 0.2) is 6.07 Å². The van der Waals surface area contributed by atoms with Crippen LogP contribution in [0.2, 0.25) is 0 Å². The number of benzene rings is 1. The second kappa shape index (κ2) is 2.79. The van der Waals surface area contributed by atoms with Crippen molar-refractivity contribution < 1.29 is 0 Å². The topological polar surface area (TPSA) is 30.1 Å². The van der Waals surface area contributed by atoms with E-state index in [1.54, 1.807) is 0 Å².